The fraction of sp³-hybridized carbons (Fsp3) is 0.500. The Hall–Kier alpha value is -1.75. The summed E-state index contributed by atoms with van der Waals surface area (Å²) in [6.07, 6.45) is 0.994. The molecule has 0 fully saturated rings. The molecule has 1 amide bonds. The van der Waals surface area contributed by atoms with Crippen molar-refractivity contribution in [3.8, 4) is 11.5 Å². The molecule has 0 saturated heterocycles. The third-order valence-electron chi connectivity index (χ3n) is 2.54. The van der Waals surface area contributed by atoms with Crippen LogP contribution in [0.1, 0.15) is 30.6 Å². The molecule has 0 unspecified atom stereocenters. The van der Waals surface area contributed by atoms with Crippen LogP contribution in [0.5, 0.6) is 11.5 Å². The quantitative estimate of drug-likeness (QED) is 0.659. The molecule has 19 heavy (non-hydrogen) atoms. The molecule has 0 aliphatic rings. The Labute approximate surface area is 113 Å². The number of aromatic hydroxyl groups is 2. The van der Waals surface area contributed by atoms with Gasteiger partial charge in [-0.2, -0.15) is 0 Å². The highest BCUT2D eigenvalue weighted by molar-refractivity contribution is 5.95. The maximum absolute atomic E-state index is 11.7. The molecule has 0 spiro atoms. The van der Waals surface area contributed by atoms with Gasteiger partial charge >= 0.3 is 0 Å². The van der Waals surface area contributed by atoms with Gasteiger partial charge < -0.3 is 20.3 Å². The second kappa shape index (κ2) is 7.63. The molecule has 106 valence electrons. The van der Waals surface area contributed by atoms with Crippen LogP contribution in [-0.4, -0.2) is 35.9 Å². The average Bonchev–Trinajstić information content (AvgIpc) is 2.31. The van der Waals surface area contributed by atoms with Crippen molar-refractivity contribution in [1.82, 2.24) is 5.32 Å². The number of phenolic OH excluding ortho intramolecular Hbond substituents is 2. The van der Waals surface area contributed by atoms with Crippen molar-refractivity contribution in [1.29, 1.82) is 0 Å². The second-order valence-electron chi connectivity index (χ2n) is 4.79. The number of rotatable bonds is 7. The summed E-state index contributed by atoms with van der Waals surface area (Å²) in [7, 11) is 0. The average molecular weight is 267 g/mol. The predicted molar refractivity (Wildman–Crippen MR) is 72.4 cm³/mol. The van der Waals surface area contributed by atoms with Crippen molar-refractivity contribution >= 4 is 5.91 Å². The van der Waals surface area contributed by atoms with Gasteiger partial charge in [-0.1, -0.05) is 13.8 Å². The summed E-state index contributed by atoms with van der Waals surface area (Å²) in [6.45, 7) is 5.77. The summed E-state index contributed by atoms with van der Waals surface area (Å²) in [5.74, 6) is -0.0276. The topological polar surface area (TPSA) is 78.8 Å². The van der Waals surface area contributed by atoms with Crippen molar-refractivity contribution in [2.45, 2.75) is 20.3 Å². The summed E-state index contributed by atoms with van der Waals surface area (Å²) in [4.78, 5) is 11.7. The SMILES string of the molecule is CC(C)CCOCCNC(=O)c1cc(O)cc(O)c1. The Morgan fingerprint density at radius 2 is 1.84 bits per heavy atom. The van der Waals surface area contributed by atoms with Crippen molar-refractivity contribution in [2.75, 3.05) is 19.8 Å². The van der Waals surface area contributed by atoms with Gasteiger partial charge in [0.15, 0.2) is 0 Å². The van der Waals surface area contributed by atoms with Gasteiger partial charge in [0.2, 0.25) is 0 Å². The lowest BCUT2D eigenvalue weighted by Gasteiger charge is -2.08. The van der Waals surface area contributed by atoms with Gasteiger partial charge in [-0.05, 0) is 24.5 Å². The molecular weight excluding hydrogens is 246 g/mol. The Morgan fingerprint density at radius 3 is 2.42 bits per heavy atom. The van der Waals surface area contributed by atoms with E-state index >= 15 is 0 Å². The third-order valence-corrected chi connectivity index (χ3v) is 2.54. The predicted octanol–water partition coefficient (Wildman–Crippen LogP) is 1.89. The number of nitrogens with one attached hydrogen (secondary N) is 1. The van der Waals surface area contributed by atoms with Gasteiger partial charge in [-0.25, -0.2) is 0 Å². The number of hydrogen-bond donors (Lipinski definition) is 3. The molecule has 0 atom stereocenters. The molecule has 1 aromatic rings. The van der Waals surface area contributed by atoms with E-state index in [0.29, 0.717) is 25.7 Å². The summed E-state index contributed by atoms with van der Waals surface area (Å²) >= 11 is 0. The Morgan fingerprint density at radius 1 is 1.21 bits per heavy atom. The molecule has 0 bridgehead atoms. The lowest BCUT2D eigenvalue weighted by atomic mass is 10.1. The van der Waals surface area contributed by atoms with Crippen LogP contribution < -0.4 is 5.32 Å². The standard InChI is InChI=1S/C14H21NO4/c1-10(2)3-5-19-6-4-15-14(18)11-7-12(16)9-13(17)8-11/h7-10,16-17H,3-6H2,1-2H3,(H,15,18). The lowest BCUT2D eigenvalue weighted by Crippen LogP contribution is -2.27. The van der Waals surface area contributed by atoms with E-state index in [1.807, 2.05) is 0 Å². The minimum atomic E-state index is -0.348. The molecule has 0 saturated carbocycles. The Bertz CT molecular complexity index is 398. The van der Waals surface area contributed by atoms with E-state index in [1.54, 1.807) is 0 Å². The van der Waals surface area contributed by atoms with Crippen molar-refractivity contribution < 1.29 is 19.7 Å². The molecule has 5 nitrogen and oxygen atoms in total. The van der Waals surface area contributed by atoms with Gasteiger partial charge in [-0.15, -0.1) is 0 Å². The van der Waals surface area contributed by atoms with Crippen LogP contribution in [0.25, 0.3) is 0 Å². The zero-order valence-corrected chi connectivity index (χ0v) is 11.3. The summed E-state index contributed by atoms with van der Waals surface area (Å²) < 4.78 is 5.36. The van der Waals surface area contributed by atoms with Gasteiger partial charge in [-0.3, -0.25) is 4.79 Å². The number of carbonyl (C=O) groups is 1. The number of hydrogen-bond acceptors (Lipinski definition) is 4. The summed E-state index contributed by atoms with van der Waals surface area (Å²) in [5.41, 5.74) is 0.222. The van der Waals surface area contributed by atoms with Gasteiger partial charge in [0.25, 0.3) is 5.91 Å². The van der Waals surface area contributed by atoms with E-state index in [9.17, 15) is 15.0 Å². The Balaban J connectivity index is 2.27. The van der Waals surface area contributed by atoms with Crippen LogP contribution in [0.3, 0.4) is 0 Å². The first-order valence-electron chi connectivity index (χ1n) is 6.38. The number of phenols is 2. The fourth-order valence-corrected chi connectivity index (χ4v) is 1.49. The highest BCUT2D eigenvalue weighted by Crippen LogP contribution is 2.20. The van der Waals surface area contributed by atoms with Crippen LogP contribution in [0.4, 0.5) is 0 Å². The van der Waals surface area contributed by atoms with E-state index in [-0.39, 0.29) is 23.0 Å². The van der Waals surface area contributed by atoms with E-state index < -0.39 is 0 Å². The van der Waals surface area contributed by atoms with E-state index in [1.165, 1.54) is 18.2 Å². The van der Waals surface area contributed by atoms with Gasteiger partial charge in [0.1, 0.15) is 11.5 Å². The first-order valence-corrected chi connectivity index (χ1v) is 6.38. The highest BCUT2D eigenvalue weighted by Gasteiger charge is 2.07. The smallest absolute Gasteiger partial charge is 0.251 e. The van der Waals surface area contributed by atoms with E-state index in [0.717, 1.165) is 6.42 Å². The molecule has 0 aliphatic carbocycles. The number of carbonyl (C=O) groups excluding carboxylic acids is 1. The normalized spacial score (nSPS) is 10.7. The van der Waals surface area contributed by atoms with Crippen molar-refractivity contribution in [3.63, 3.8) is 0 Å². The summed E-state index contributed by atoms with van der Waals surface area (Å²) in [5, 5.41) is 21.2. The number of benzene rings is 1. The van der Waals surface area contributed by atoms with Crippen LogP contribution in [-0.2, 0) is 4.74 Å². The molecular formula is C14H21NO4. The highest BCUT2D eigenvalue weighted by atomic mass is 16.5. The minimum Gasteiger partial charge on any atom is -0.508 e. The van der Waals surface area contributed by atoms with Gasteiger partial charge in [0.05, 0.1) is 6.61 Å². The largest absolute Gasteiger partial charge is 0.508 e. The van der Waals surface area contributed by atoms with Crippen LogP contribution in [0, 0.1) is 5.92 Å². The maximum atomic E-state index is 11.7. The lowest BCUT2D eigenvalue weighted by molar-refractivity contribution is 0.0905. The third kappa shape index (κ3) is 6.10. The molecule has 1 aromatic carbocycles. The van der Waals surface area contributed by atoms with Crippen molar-refractivity contribution in [3.05, 3.63) is 23.8 Å². The number of amides is 1. The van der Waals surface area contributed by atoms with Crippen molar-refractivity contribution in [2.24, 2.45) is 5.92 Å². The monoisotopic (exact) mass is 267 g/mol. The zero-order chi connectivity index (χ0) is 14.3. The fourth-order valence-electron chi connectivity index (χ4n) is 1.49. The van der Waals surface area contributed by atoms with Crippen LogP contribution in [0.2, 0.25) is 0 Å². The Kier molecular flexibility index (Phi) is 6.15. The zero-order valence-electron chi connectivity index (χ0n) is 11.3. The molecule has 0 heterocycles. The first kappa shape index (κ1) is 15.3. The molecule has 0 radical (unpaired) electrons. The van der Waals surface area contributed by atoms with Crippen LogP contribution in [0.15, 0.2) is 18.2 Å². The minimum absolute atomic E-state index is 0.140. The summed E-state index contributed by atoms with van der Waals surface area (Å²) in [6, 6.07) is 3.77. The van der Waals surface area contributed by atoms with Gasteiger partial charge in [0, 0.05) is 24.8 Å². The number of ether oxygens (including phenoxy) is 1. The van der Waals surface area contributed by atoms with E-state index in [2.05, 4.69) is 19.2 Å². The van der Waals surface area contributed by atoms with E-state index in [4.69, 9.17) is 4.74 Å². The molecule has 0 aromatic heterocycles. The van der Waals surface area contributed by atoms with Crippen LogP contribution >= 0.6 is 0 Å². The molecule has 5 heteroatoms. The maximum Gasteiger partial charge on any atom is 0.251 e. The molecule has 0 aliphatic heterocycles. The first-order chi connectivity index (χ1) is 8.99. The molecule has 1 rings (SSSR count). The molecule has 3 N–H and O–H groups in total. The second-order valence-corrected chi connectivity index (χ2v) is 4.79.